The summed E-state index contributed by atoms with van der Waals surface area (Å²) in [5.41, 5.74) is 0.719. The molecular weight excluding hydrogens is 456 g/mol. The van der Waals surface area contributed by atoms with Crippen LogP contribution in [0.1, 0.15) is 20.8 Å². The standard InChI is InChI=1S/C23H32N6O4S/c1-5-32-13-11-25-21-17-14-26-29(22(17)28-23(27-21)34-16(2)3)12-10-24-20(30)15-33-19-9-7-6-8-18(19)31-4/h6-9,14,16H,5,10-13,15H2,1-4H3,(H,24,30)(H,25,27,28). The van der Waals surface area contributed by atoms with Gasteiger partial charge in [-0.1, -0.05) is 37.7 Å². The minimum atomic E-state index is -0.230. The number of fused-ring (bicyclic) bond motifs is 1. The largest absolute Gasteiger partial charge is 0.493 e. The van der Waals surface area contributed by atoms with Gasteiger partial charge in [-0.2, -0.15) is 5.10 Å². The van der Waals surface area contributed by atoms with Crippen LogP contribution in [0.15, 0.2) is 35.6 Å². The second-order valence-electron chi connectivity index (χ2n) is 7.54. The lowest BCUT2D eigenvalue weighted by molar-refractivity contribution is -0.123. The minimum absolute atomic E-state index is 0.106. The van der Waals surface area contributed by atoms with E-state index in [4.69, 9.17) is 19.2 Å². The summed E-state index contributed by atoms with van der Waals surface area (Å²) in [6.07, 6.45) is 1.74. The molecule has 0 spiro atoms. The molecule has 0 saturated carbocycles. The van der Waals surface area contributed by atoms with Crippen LogP contribution in [0, 0.1) is 0 Å². The van der Waals surface area contributed by atoms with E-state index in [0.29, 0.717) is 54.8 Å². The van der Waals surface area contributed by atoms with Crippen LogP contribution in [0.2, 0.25) is 0 Å². The van der Waals surface area contributed by atoms with Gasteiger partial charge in [-0.05, 0) is 19.1 Å². The Kier molecular flexibility index (Phi) is 9.77. The number of methoxy groups -OCH3 is 1. The summed E-state index contributed by atoms with van der Waals surface area (Å²) in [5.74, 6) is 1.60. The molecule has 0 aliphatic carbocycles. The number of para-hydroxylation sites is 2. The molecule has 3 rings (SSSR count). The predicted octanol–water partition coefficient (Wildman–Crippen LogP) is 2.98. The molecule has 0 unspecified atom stereocenters. The number of benzene rings is 1. The molecule has 10 nitrogen and oxygen atoms in total. The molecule has 11 heteroatoms. The third kappa shape index (κ3) is 7.22. The molecule has 0 atom stereocenters. The number of carbonyl (C=O) groups is 1. The van der Waals surface area contributed by atoms with Crippen molar-refractivity contribution in [1.29, 1.82) is 0 Å². The van der Waals surface area contributed by atoms with Crippen molar-refractivity contribution in [2.24, 2.45) is 0 Å². The number of carbonyl (C=O) groups excluding carboxylic acids is 1. The van der Waals surface area contributed by atoms with E-state index in [-0.39, 0.29) is 12.5 Å². The van der Waals surface area contributed by atoms with E-state index in [1.807, 2.05) is 19.1 Å². The SMILES string of the molecule is CCOCCNc1nc(SC(C)C)nc2c1cnn2CCNC(=O)COc1ccccc1OC. The molecule has 34 heavy (non-hydrogen) atoms. The van der Waals surface area contributed by atoms with E-state index in [1.165, 1.54) is 0 Å². The summed E-state index contributed by atoms with van der Waals surface area (Å²) in [6, 6.07) is 7.21. The second-order valence-corrected chi connectivity index (χ2v) is 9.08. The van der Waals surface area contributed by atoms with Gasteiger partial charge in [0.15, 0.2) is 28.9 Å². The highest BCUT2D eigenvalue weighted by Crippen LogP contribution is 2.27. The van der Waals surface area contributed by atoms with Gasteiger partial charge in [0.2, 0.25) is 0 Å². The molecule has 1 aromatic carbocycles. The molecule has 1 amide bonds. The number of amides is 1. The van der Waals surface area contributed by atoms with Crippen LogP contribution in [-0.4, -0.2) is 70.9 Å². The van der Waals surface area contributed by atoms with Gasteiger partial charge in [-0.25, -0.2) is 14.6 Å². The van der Waals surface area contributed by atoms with Gasteiger partial charge in [0.25, 0.3) is 5.91 Å². The number of thioether (sulfide) groups is 1. The van der Waals surface area contributed by atoms with Gasteiger partial charge >= 0.3 is 0 Å². The van der Waals surface area contributed by atoms with Crippen molar-refractivity contribution in [3.8, 4) is 11.5 Å². The van der Waals surface area contributed by atoms with Crippen molar-refractivity contribution >= 4 is 34.5 Å². The Morgan fingerprint density at radius 1 is 1.18 bits per heavy atom. The first-order chi connectivity index (χ1) is 16.5. The third-order valence-electron chi connectivity index (χ3n) is 4.63. The number of aromatic nitrogens is 4. The van der Waals surface area contributed by atoms with Crippen molar-refractivity contribution in [3.63, 3.8) is 0 Å². The zero-order chi connectivity index (χ0) is 24.3. The van der Waals surface area contributed by atoms with E-state index in [2.05, 4.69) is 34.6 Å². The first-order valence-electron chi connectivity index (χ1n) is 11.3. The Labute approximate surface area is 203 Å². The molecule has 0 aliphatic rings. The first kappa shape index (κ1) is 25.6. The zero-order valence-electron chi connectivity index (χ0n) is 20.0. The predicted molar refractivity (Wildman–Crippen MR) is 133 cm³/mol. The van der Waals surface area contributed by atoms with Gasteiger partial charge < -0.3 is 24.8 Å². The second kappa shape index (κ2) is 13.0. The average Bonchev–Trinajstić information content (AvgIpc) is 3.23. The van der Waals surface area contributed by atoms with Crippen molar-refractivity contribution in [3.05, 3.63) is 30.5 Å². The van der Waals surface area contributed by atoms with Crippen molar-refractivity contribution < 1.29 is 19.0 Å². The summed E-state index contributed by atoms with van der Waals surface area (Å²) in [4.78, 5) is 21.6. The Morgan fingerprint density at radius 2 is 1.97 bits per heavy atom. The highest BCUT2D eigenvalue weighted by Gasteiger charge is 2.15. The molecule has 0 aliphatic heterocycles. The van der Waals surface area contributed by atoms with Crippen LogP contribution in [0.25, 0.3) is 11.0 Å². The molecule has 2 N–H and O–H groups in total. The van der Waals surface area contributed by atoms with E-state index >= 15 is 0 Å². The molecule has 2 heterocycles. The van der Waals surface area contributed by atoms with Crippen LogP contribution < -0.4 is 20.1 Å². The maximum atomic E-state index is 12.3. The fourth-order valence-corrected chi connectivity index (χ4v) is 3.82. The number of hydrogen-bond acceptors (Lipinski definition) is 9. The quantitative estimate of drug-likeness (QED) is 0.201. The lowest BCUT2D eigenvalue weighted by atomic mass is 10.3. The highest BCUT2D eigenvalue weighted by molar-refractivity contribution is 7.99. The fourth-order valence-electron chi connectivity index (χ4n) is 3.12. The Hall–Kier alpha value is -3.05. The average molecular weight is 489 g/mol. The molecule has 0 bridgehead atoms. The number of ether oxygens (including phenoxy) is 3. The van der Waals surface area contributed by atoms with Gasteiger partial charge in [0.05, 0.1) is 31.8 Å². The molecule has 0 saturated heterocycles. The summed E-state index contributed by atoms with van der Waals surface area (Å²) >= 11 is 1.59. The van der Waals surface area contributed by atoms with Crippen molar-refractivity contribution in [1.82, 2.24) is 25.1 Å². The van der Waals surface area contributed by atoms with E-state index in [9.17, 15) is 4.79 Å². The maximum absolute atomic E-state index is 12.3. The smallest absolute Gasteiger partial charge is 0.258 e. The highest BCUT2D eigenvalue weighted by atomic mass is 32.2. The third-order valence-corrected chi connectivity index (χ3v) is 5.50. The van der Waals surface area contributed by atoms with Gasteiger partial charge in [-0.15, -0.1) is 0 Å². The first-order valence-corrected chi connectivity index (χ1v) is 12.1. The topological polar surface area (TPSA) is 112 Å². The number of hydrogen-bond donors (Lipinski definition) is 2. The number of rotatable bonds is 14. The maximum Gasteiger partial charge on any atom is 0.258 e. The van der Waals surface area contributed by atoms with E-state index < -0.39 is 0 Å². The minimum Gasteiger partial charge on any atom is -0.493 e. The van der Waals surface area contributed by atoms with Crippen LogP contribution in [0.5, 0.6) is 11.5 Å². The van der Waals surface area contributed by atoms with Crippen LogP contribution in [-0.2, 0) is 16.1 Å². The van der Waals surface area contributed by atoms with E-state index in [1.54, 1.807) is 41.9 Å². The fraction of sp³-hybridized carbons (Fsp3) is 0.478. The number of nitrogens with zero attached hydrogens (tertiary/aromatic N) is 4. The lowest BCUT2D eigenvalue weighted by Gasteiger charge is -2.11. The normalized spacial score (nSPS) is 11.1. The molecule has 3 aromatic rings. The van der Waals surface area contributed by atoms with Crippen molar-refractivity contribution in [2.45, 2.75) is 37.7 Å². The van der Waals surface area contributed by atoms with Crippen LogP contribution in [0.4, 0.5) is 5.82 Å². The van der Waals surface area contributed by atoms with Crippen LogP contribution >= 0.6 is 11.8 Å². The van der Waals surface area contributed by atoms with Gasteiger partial charge in [0.1, 0.15) is 5.82 Å². The summed E-state index contributed by atoms with van der Waals surface area (Å²) in [7, 11) is 1.56. The molecule has 0 radical (unpaired) electrons. The Balaban J connectivity index is 1.61. The van der Waals surface area contributed by atoms with Gasteiger partial charge in [0, 0.05) is 24.9 Å². The summed E-state index contributed by atoms with van der Waals surface area (Å²) < 4.78 is 18.0. The Bertz CT molecular complexity index is 1070. The number of nitrogens with one attached hydrogen (secondary N) is 2. The molecule has 184 valence electrons. The molecule has 2 aromatic heterocycles. The lowest BCUT2D eigenvalue weighted by Crippen LogP contribution is -2.31. The Morgan fingerprint density at radius 3 is 2.71 bits per heavy atom. The monoisotopic (exact) mass is 488 g/mol. The van der Waals surface area contributed by atoms with Crippen LogP contribution in [0.3, 0.4) is 0 Å². The molecule has 0 fully saturated rings. The van der Waals surface area contributed by atoms with Crippen molar-refractivity contribution in [2.75, 3.05) is 45.3 Å². The van der Waals surface area contributed by atoms with E-state index in [0.717, 1.165) is 16.9 Å². The molecular formula is C23H32N6O4S. The zero-order valence-corrected chi connectivity index (χ0v) is 20.9. The van der Waals surface area contributed by atoms with Gasteiger partial charge in [-0.3, -0.25) is 4.79 Å². The summed E-state index contributed by atoms with van der Waals surface area (Å²) in [6.45, 7) is 8.80. The summed E-state index contributed by atoms with van der Waals surface area (Å²) in [5, 5.41) is 12.5. The number of anilines is 1.